The van der Waals surface area contributed by atoms with Crippen molar-refractivity contribution >= 4 is 11.7 Å². The molecule has 18 heavy (non-hydrogen) atoms. The summed E-state index contributed by atoms with van der Waals surface area (Å²) in [4.78, 5) is 28.6. The molecule has 0 saturated carbocycles. The predicted molar refractivity (Wildman–Crippen MR) is 68.7 cm³/mol. The lowest BCUT2D eigenvalue weighted by Gasteiger charge is -2.19. The van der Waals surface area contributed by atoms with Crippen molar-refractivity contribution < 1.29 is 19.2 Å². The van der Waals surface area contributed by atoms with Crippen LogP contribution in [-0.4, -0.2) is 44.1 Å². The van der Waals surface area contributed by atoms with Gasteiger partial charge in [0, 0.05) is 13.5 Å². The molecule has 0 radical (unpaired) electrons. The Morgan fingerprint density at radius 3 is 2.50 bits per heavy atom. The van der Waals surface area contributed by atoms with Crippen LogP contribution in [-0.2, 0) is 19.2 Å². The Bertz CT molecular complexity index is 301. The number of allylic oxidation sites excluding steroid dienone is 1. The van der Waals surface area contributed by atoms with Gasteiger partial charge in [-0.3, -0.25) is 14.4 Å². The zero-order valence-electron chi connectivity index (χ0n) is 11.1. The van der Waals surface area contributed by atoms with Crippen molar-refractivity contribution in [2.45, 2.75) is 12.8 Å². The summed E-state index contributed by atoms with van der Waals surface area (Å²) in [5.41, 5.74) is 0. The third-order valence-electron chi connectivity index (χ3n) is 2.40. The van der Waals surface area contributed by atoms with E-state index in [1.807, 2.05) is 0 Å². The number of rotatable bonds is 10. The van der Waals surface area contributed by atoms with Gasteiger partial charge in [-0.05, 0) is 6.42 Å². The highest BCUT2D eigenvalue weighted by atomic mass is 16.7. The fourth-order valence-corrected chi connectivity index (χ4v) is 1.36. The lowest BCUT2D eigenvalue weighted by atomic mass is 9.97. The van der Waals surface area contributed by atoms with Crippen molar-refractivity contribution in [1.82, 2.24) is 5.06 Å². The van der Waals surface area contributed by atoms with Crippen LogP contribution in [0.15, 0.2) is 25.3 Å². The molecular weight excluding hydrogens is 234 g/mol. The summed E-state index contributed by atoms with van der Waals surface area (Å²) >= 11 is 0. The van der Waals surface area contributed by atoms with Crippen LogP contribution in [0, 0.1) is 5.92 Å². The quantitative estimate of drug-likeness (QED) is 0.256. The van der Waals surface area contributed by atoms with Crippen LogP contribution >= 0.6 is 0 Å². The number of hydroxylamine groups is 2. The Balaban J connectivity index is 4.39. The molecular formula is C13H21NO4. The Kier molecular flexibility index (Phi) is 8.78. The molecule has 0 spiro atoms. The lowest BCUT2D eigenvalue weighted by Crippen LogP contribution is -2.36. The molecule has 0 aliphatic heterocycles. The Morgan fingerprint density at radius 1 is 1.33 bits per heavy atom. The number of nitrogens with zero attached hydrogens (tertiary/aromatic N) is 1. The molecule has 0 bridgehead atoms. The molecule has 0 aromatic heterocycles. The fraction of sp³-hybridized carbons (Fsp3) is 0.538. The standard InChI is InChI=1S/C13H21NO4/c1-5-7-11(13(16)14(3)17-4)12(15)8-10-18-9-6-2/h5-6,11H,1-2,7-10H2,3-4H3. The van der Waals surface area contributed by atoms with Crippen molar-refractivity contribution in [3.63, 3.8) is 0 Å². The van der Waals surface area contributed by atoms with E-state index in [4.69, 9.17) is 9.57 Å². The average molecular weight is 255 g/mol. The third-order valence-corrected chi connectivity index (χ3v) is 2.40. The molecule has 0 aromatic carbocycles. The second-order valence-corrected chi connectivity index (χ2v) is 3.68. The van der Waals surface area contributed by atoms with Crippen molar-refractivity contribution in [1.29, 1.82) is 0 Å². The van der Waals surface area contributed by atoms with Crippen molar-refractivity contribution in [2.75, 3.05) is 27.4 Å². The Labute approximate surface area is 108 Å². The number of amides is 1. The number of carbonyl (C=O) groups is 2. The zero-order valence-corrected chi connectivity index (χ0v) is 11.1. The predicted octanol–water partition coefficient (Wildman–Crippen LogP) is 1.36. The molecule has 1 atom stereocenters. The minimum absolute atomic E-state index is 0.173. The van der Waals surface area contributed by atoms with Gasteiger partial charge in [0.1, 0.15) is 11.7 Å². The molecule has 0 aliphatic rings. The van der Waals surface area contributed by atoms with Gasteiger partial charge in [0.25, 0.3) is 5.91 Å². The van der Waals surface area contributed by atoms with Gasteiger partial charge in [0.05, 0.1) is 20.3 Å². The van der Waals surface area contributed by atoms with Gasteiger partial charge in [-0.2, -0.15) is 0 Å². The summed E-state index contributed by atoms with van der Waals surface area (Å²) in [5.74, 6) is -1.29. The zero-order chi connectivity index (χ0) is 14.0. The van der Waals surface area contributed by atoms with Gasteiger partial charge in [0.2, 0.25) is 0 Å². The summed E-state index contributed by atoms with van der Waals surface area (Å²) in [5, 5.41) is 1.05. The summed E-state index contributed by atoms with van der Waals surface area (Å²) in [6, 6.07) is 0. The monoisotopic (exact) mass is 255 g/mol. The number of hydrogen-bond donors (Lipinski definition) is 0. The third kappa shape index (κ3) is 5.75. The van der Waals surface area contributed by atoms with Crippen molar-refractivity contribution in [3.8, 4) is 0 Å². The molecule has 0 heterocycles. The molecule has 5 nitrogen and oxygen atoms in total. The number of ketones is 1. The molecule has 1 amide bonds. The van der Waals surface area contributed by atoms with Crippen LogP contribution in [0.2, 0.25) is 0 Å². The van der Waals surface area contributed by atoms with Gasteiger partial charge < -0.3 is 4.74 Å². The van der Waals surface area contributed by atoms with Crippen LogP contribution in [0.3, 0.4) is 0 Å². The normalized spacial score (nSPS) is 11.7. The van der Waals surface area contributed by atoms with Crippen LogP contribution < -0.4 is 0 Å². The SMILES string of the molecule is C=CCOCCC(=O)C(CC=C)C(=O)N(C)OC. The van der Waals surface area contributed by atoms with E-state index in [0.717, 1.165) is 5.06 Å². The second-order valence-electron chi connectivity index (χ2n) is 3.68. The first kappa shape index (κ1) is 16.5. The summed E-state index contributed by atoms with van der Waals surface area (Å²) in [6.45, 7) is 7.73. The molecule has 0 rings (SSSR count). The average Bonchev–Trinajstić information content (AvgIpc) is 2.39. The summed E-state index contributed by atoms with van der Waals surface area (Å²) < 4.78 is 5.13. The Morgan fingerprint density at radius 2 is 2.00 bits per heavy atom. The van der Waals surface area contributed by atoms with E-state index in [1.54, 1.807) is 12.2 Å². The van der Waals surface area contributed by atoms with Crippen molar-refractivity contribution in [2.24, 2.45) is 5.92 Å². The van der Waals surface area contributed by atoms with E-state index in [9.17, 15) is 9.59 Å². The van der Waals surface area contributed by atoms with Gasteiger partial charge in [-0.25, -0.2) is 5.06 Å². The molecule has 102 valence electrons. The number of carbonyl (C=O) groups excluding carboxylic acids is 2. The highest BCUT2D eigenvalue weighted by Gasteiger charge is 2.27. The van der Waals surface area contributed by atoms with Gasteiger partial charge in [-0.15, -0.1) is 13.2 Å². The molecule has 5 heteroatoms. The highest BCUT2D eigenvalue weighted by molar-refractivity contribution is 6.01. The van der Waals surface area contributed by atoms with E-state index in [2.05, 4.69) is 13.2 Å². The summed E-state index contributed by atoms with van der Waals surface area (Å²) in [6.07, 6.45) is 3.65. The topological polar surface area (TPSA) is 55.8 Å². The number of ether oxygens (including phenoxy) is 1. The largest absolute Gasteiger partial charge is 0.377 e. The van der Waals surface area contributed by atoms with E-state index < -0.39 is 5.92 Å². The molecule has 0 aromatic rings. The smallest absolute Gasteiger partial charge is 0.256 e. The molecule has 0 N–H and O–H groups in total. The minimum Gasteiger partial charge on any atom is -0.377 e. The van der Waals surface area contributed by atoms with E-state index in [-0.39, 0.29) is 24.7 Å². The van der Waals surface area contributed by atoms with Gasteiger partial charge in [-0.1, -0.05) is 12.2 Å². The molecule has 0 aliphatic carbocycles. The van der Waals surface area contributed by atoms with Crippen LogP contribution in [0.25, 0.3) is 0 Å². The van der Waals surface area contributed by atoms with E-state index >= 15 is 0 Å². The first-order chi connectivity index (χ1) is 8.58. The maximum Gasteiger partial charge on any atom is 0.256 e. The van der Waals surface area contributed by atoms with Crippen LogP contribution in [0.1, 0.15) is 12.8 Å². The number of hydrogen-bond acceptors (Lipinski definition) is 4. The fourth-order valence-electron chi connectivity index (χ4n) is 1.36. The maximum absolute atomic E-state index is 11.9. The molecule has 0 saturated heterocycles. The Hall–Kier alpha value is -1.46. The lowest BCUT2D eigenvalue weighted by molar-refractivity contribution is -0.174. The van der Waals surface area contributed by atoms with Crippen LogP contribution in [0.5, 0.6) is 0 Å². The summed E-state index contributed by atoms with van der Waals surface area (Å²) in [7, 11) is 2.85. The van der Waals surface area contributed by atoms with Crippen molar-refractivity contribution in [3.05, 3.63) is 25.3 Å². The highest BCUT2D eigenvalue weighted by Crippen LogP contribution is 2.12. The van der Waals surface area contributed by atoms with Crippen LogP contribution in [0.4, 0.5) is 0 Å². The first-order valence-corrected chi connectivity index (χ1v) is 5.72. The molecule has 1 unspecified atom stereocenters. The minimum atomic E-state index is -0.750. The maximum atomic E-state index is 11.9. The number of Topliss-reactive ketones (excluding diaryl/α,β-unsaturated/α-hetero) is 1. The van der Waals surface area contributed by atoms with E-state index in [0.29, 0.717) is 13.0 Å². The first-order valence-electron chi connectivity index (χ1n) is 5.72. The van der Waals surface area contributed by atoms with Gasteiger partial charge >= 0.3 is 0 Å². The second kappa shape index (κ2) is 9.56. The van der Waals surface area contributed by atoms with E-state index in [1.165, 1.54) is 14.2 Å². The van der Waals surface area contributed by atoms with Gasteiger partial charge in [0.15, 0.2) is 0 Å². The molecule has 0 fully saturated rings.